The van der Waals surface area contributed by atoms with Gasteiger partial charge in [0.25, 0.3) is 0 Å². The first-order valence-electron chi connectivity index (χ1n) is 9.73. The fourth-order valence-electron chi connectivity index (χ4n) is 3.74. The maximum atomic E-state index is 14.0. The monoisotopic (exact) mass is 448 g/mol. The zero-order valence-electron chi connectivity index (χ0n) is 16.4. The van der Waals surface area contributed by atoms with Gasteiger partial charge in [0.05, 0.1) is 28.5 Å². The smallest absolute Gasteiger partial charge is 0.242 e. The topological polar surface area (TPSA) is 87.8 Å². The Labute approximate surface area is 177 Å². The molecule has 2 aromatic heterocycles. The van der Waals surface area contributed by atoms with E-state index in [-0.39, 0.29) is 10.9 Å². The molecule has 4 rings (SSSR count). The molecule has 0 spiro atoms. The predicted octanol–water partition coefficient (Wildman–Crippen LogP) is 4.02. The number of aromatic nitrogens is 2. The molecule has 162 valence electrons. The van der Waals surface area contributed by atoms with E-state index in [0.29, 0.717) is 27.9 Å². The zero-order valence-corrected chi connectivity index (χ0v) is 17.2. The summed E-state index contributed by atoms with van der Waals surface area (Å²) in [7, 11) is -4.16. The molecule has 3 aromatic rings. The van der Waals surface area contributed by atoms with Crippen molar-refractivity contribution in [1.29, 1.82) is 5.26 Å². The molecule has 1 N–H and O–H groups in total. The third kappa shape index (κ3) is 3.79. The standard InChI is InChI=1S/C21H19F3N4O2S/c22-9-14(10-23)27-31(29,30)16-5-7-19(26-12-16)21-18(11-25)17-6-4-13(24)8-20(17)28(21)15-2-1-3-15/h4-8,12,14-15,27H,1-3,9-10H2. The molecular formula is C21H19F3N4O2S. The SMILES string of the molecule is N#Cc1c(-c2ccc(S(=O)(=O)NC(CF)CF)cn2)n(C2CCC2)c2cc(F)ccc12. The van der Waals surface area contributed by atoms with Crippen LogP contribution in [0.2, 0.25) is 0 Å². The lowest BCUT2D eigenvalue weighted by Gasteiger charge is -2.30. The number of halogens is 3. The third-order valence-electron chi connectivity index (χ3n) is 5.50. The molecule has 31 heavy (non-hydrogen) atoms. The van der Waals surface area contributed by atoms with Crippen LogP contribution in [0.25, 0.3) is 22.3 Å². The zero-order chi connectivity index (χ0) is 22.2. The average Bonchev–Trinajstić information content (AvgIpc) is 3.04. The van der Waals surface area contributed by atoms with E-state index < -0.39 is 35.2 Å². The molecule has 0 unspecified atom stereocenters. The van der Waals surface area contributed by atoms with E-state index in [9.17, 15) is 26.9 Å². The van der Waals surface area contributed by atoms with Gasteiger partial charge in [-0.25, -0.2) is 26.3 Å². The Hall–Kier alpha value is -2.90. The van der Waals surface area contributed by atoms with Gasteiger partial charge >= 0.3 is 0 Å². The molecule has 1 aliphatic carbocycles. The number of hydrogen-bond donors (Lipinski definition) is 1. The highest BCUT2D eigenvalue weighted by molar-refractivity contribution is 7.89. The summed E-state index contributed by atoms with van der Waals surface area (Å²) in [5, 5.41) is 10.4. The predicted molar refractivity (Wildman–Crippen MR) is 109 cm³/mol. The first-order chi connectivity index (χ1) is 14.9. The Morgan fingerprint density at radius 1 is 1.23 bits per heavy atom. The summed E-state index contributed by atoms with van der Waals surface area (Å²) in [4.78, 5) is 3.98. The van der Waals surface area contributed by atoms with Crippen LogP contribution in [-0.4, -0.2) is 37.4 Å². The molecular weight excluding hydrogens is 429 g/mol. The molecule has 0 saturated heterocycles. The summed E-state index contributed by atoms with van der Waals surface area (Å²) < 4.78 is 68.0. The van der Waals surface area contributed by atoms with E-state index in [1.165, 1.54) is 24.3 Å². The largest absolute Gasteiger partial charge is 0.335 e. The Kier molecular flexibility index (Phi) is 5.73. The molecule has 0 atom stereocenters. The first-order valence-corrected chi connectivity index (χ1v) is 11.2. The number of nitriles is 1. The second-order valence-electron chi connectivity index (χ2n) is 7.46. The van der Waals surface area contributed by atoms with Crippen LogP contribution in [0.1, 0.15) is 30.9 Å². The Morgan fingerprint density at radius 3 is 2.52 bits per heavy atom. The van der Waals surface area contributed by atoms with Crippen LogP contribution in [0.4, 0.5) is 13.2 Å². The Bertz CT molecular complexity index is 1260. The van der Waals surface area contributed by atoms with Crippen LogP contribution in [0.5, 0.6) is 0 Å². The molecule has 0 aliphatic heterocycles. The highest BCUT2D eigenvalue weighted by atomic mass is 32.2. The summed E-state index contributed by atoms with van der Waals surface area (Å²) in [6, 6.07) is 7.72. The normalized spacial score (nSPS) is 14.7. The van der Waals surface area contributed by atoms with Crippen molar-refractivity contribution in [1.82, 2.24) is 14.3 Å². The summed E-state index contributed by atoms with van der Waals surface area (Å²) >= 11 is 0. The Morgan fingerprint density at radius 2 is 1.97 bits per heavy atom. The van der Waals surface area contributed by atoms with Crippen molar-refractivity contribution < 1.29 is 21.6 Å². The van der Waals surface area contributed by atoms with Crippen LogP contribution < -0.4 is 4.72 Å². The number of sulfonamides is 1. The third-order valence-corrected chi connectivity index (χ3v) is 7.01. The molecule has 6 nitrogen and oxygen atoms in total. The van der Waals surface area contributed by atoms with Gasteiger partial charge in [0.1, 0.15) is 30.1 Å². The van der Waals surface area contributed by atoms with Gasteiger partial charge in [-0.1, -0.05) is 0 Å². The second kappa shape index (κ2) is 8.32. The summed E-state index contributed by atoms with van der Waals surface area (Å²) in [6.45, 7) is -2.35. The summed E-state index contributed by atoms with van der Waals surface area (Å²) in [6.07, 6.45) is 3.85. The van der Waals surface area contributed by atoms with Crippen LogP contribution in [-0.2, 0) is 10.0 Å². The lowest BCUT2D eigenvalue weighted by molar-refractivity contribution is 0.323. The van der Waals surface area contributed by atoms with Crippen molar-refractivity contribution in [3.63, 3.8) is 0 Å². The maximum Gasteiger partial charge on any atom is 0.242 e. The van der Waals surface area contributed by atoms with E-state index in [4.69, 9.17) is 0 Å². The summed E-state index contributed by atoms with van der Waals surface area (Å²) in [5.74, 6) is -0.419. The van der Waals surface area contributed by atoms with Gasteiger partial charge in [-0.15, -0.1) is 0 Å². The van der Waals surface area contributed by atoms with Crippen molar-refractivity contribution in [3.05, 3.63) is 47.9 Å². The van der Waals surface area contributed by atoms with Crippen LogP contribution in [0, 0.1) is 17.1 Å². The highest BCUT2D eigenvalue weighted by Crippen LogP contribution is 2.42. The maximum absolute atomic E-state index is 14.0. The molecule has 0 radical (unpaired) electrons. The van der Waals surface area contributed by atoms with Gasteiger partial charge < -0.3 is 4.57 Å². The van der Waals surface area contributed by atoms with E-state index >= 15 is 0 Å². The van der Waals surface area contributed by atoms with E-state index in [1.54, 1.807) is 6.07 Å². The molecule has 10 heteroatoms. The molecule has 1 saturated carbocycles. The number of alkyl halides is 2. The summed E-state index contributed by atoms with van der Waals surface area (Å²) in [5.41, 5.74) is 1.77. The molecule has 1 aromatic carbocycles. The first kappa shape index (κ1) is 21.3. The number of fused-ring (bicyclic) bond motifs is 1. The molecule has 1 fully saturated rings. The van der Waals surface area contributed by atoms with Gasteiger partial charge in [-0.05, 0) is 49.6 Å². The quantitative estimate of drug-likeness (QED) is 0.591. The van der Waals surface area contributed by atoms with Crippen molar-refractivity contribution in [2.24, 2.45) is 0 Å². The van der Waals surface area contributed by atoms with Crippen molar-refractivity contribution >= 4 is 20.9 Å². The minimum Gasteiger partial charge on any atom is -0.335 e. The number of nitrogens with zero attached hydrogens (tertiary/aromatic N) is 3. The van der Waals surface area contributed by atoms with E-state index in [1.807, 2.05) is 9.29 Å². The number of rotatable bonds is 7. The van der Waals surface area contributed by atoms with Gasteiger partial charge in [0, 0.05) is 17.6 Å². The van der Waals surface area contributed by atoms with Crippen LogP contribution in [0.3, 0.4) is 0 Å². The minimum atomic E-state index is -4.16. The molecule has 2 heterocycles. The van der Waals surface area contributed by atoms with Gasteiger partial charge in [0.15, 0.2) is 0 Å². The second-order valence-corrected chi connectivity index (χ2v) is 9.17. The fraction of sp³-hybridized carbons (Fsp3) is 0.333. The highest BCUT2D eigenvalue weighted by Gasteiger charge is 2.29. The lowest BCUT2D eigenvalue weighted by atomic mass is 9.92. The van der Waals surface area contributed by atoms with Crippen molar-refractivity contribution in [2.75, 3.05) is 13.3 Å². The van der Waals surface area contributed by atoms with Crippen LogP contribution in [0.15, 0.2) is 41.4 Å². The Balaban J connectivity index is 1.82. The number of pyridine rings is 1. The number of hydrogen-bond acceptors (Lipinski definition) is 4. The van der Waals surface area contributed by atoms with E-state index in [2.05, 4.69) is 11.1 Å². The lowest BCUT2D eigenvalue weighted by Crippen LogP contribution is -2.37. The molecule has 0 bridgehead atoms. The average molecular weight is 448 g/mol. The van der Waals surface area contributed by atoms with Gasteiger partial charge in [-0.3, -0.25) is 4.98 Å². The van der Waals surface area contributed by atoms with Crippen molar-refractivity contribution in [2.45, 2.75) is 36.2 Å². The molecule has 1 aliphatic rings. The van der Waals surface area contributed by atoms with Gasteiger partial charge in [0.2, 0.25) is 10.0 Å². The minimum absolute atomic E-state index is 0.0862. The number of benzene rings is 1. The van der Waals surface area contributed by atoms with Crippen LogP contribution >= 0.6 is 0 Å². The van der Waals surface area contributed by atoms with E-state index in [0.717, 1.165) is 25.5 Å². The molecule has 0 amide bonds. The fourth-order valence-corrected chi connectivity index (χ4v) is 4.88. The van der Waals surface area contributed by atoms with Gasteiger partial charge in [-0.2, -0.15) is 5.26 Å². The number of nitrogens with one attached hydrogen (secondary N) is 1. The van der Waals surface area contributed by atoms with Crippen molar-refractivity contribution in [3.8, 4) is 17.5 Å².